The van der Waals surface area contributed by atoms with Gasteiger partial charge in [-0.1, -0.05) is 62.4 Å². The van der Waals surface area contributed by atoms with Crippen LogP contribution in [0.15, 0.2) is 54.6 Å². The van der Waals surface area contributed by atoms with Crippen molar-refractivity contribution in [3.63, 3.8) is 0 Å². The van der Waals surface area contributed by atoms with Gasteiger partial charge in [0.1, 0.15) is 5.75 Å². The predicted octanol–water partition coefficient (Wildman–Crippen LogP) is 6.12. The molecule has 0 aliphatic carbocycles. The van der Waals surface area contributed by atoms with Crippen LogP contribution in [0.3, 0.4) is 0 Å². The van der Waals surface area contributed by atoms with Crippen molar-refractivity contribution in [3.8, 4) is 5.75 Å². The van der Waals surface area contributed by atoms with Crippen molar-refractivity contribution < 1.29 is 14.0 Å². The summed E-state index contributed by atoms with van der Waals surface area (Å²) in [6.07, 6.45) is 10.4. The Bertz CT molecular complexity index is 702. The molecule has 3 nitrogen and oxygen atoms in total. The smallest absolute Gasteiger partial charge is 0.193 e. The lowest BCUT2D eigenvalue weighted by atomic mass is 10.0. The minimum atomic E-state index is 0.0506. The van der Waals surface area contributed by atoms with E-state index in [4.69, 9.17) is 4.74 Å². The van der Waals surface area contributed by atoms with Crippen LogP contribution in [0.1, 0.15) is 67.3 Å². The van der Waals surface area contributed by atoms with Gasteiger partial charge in [0.15, 0.2) is 5.78 Å². The Morgan fingerprint density at radius 3 is 1.79 bits per heavy atom. The van der Waals surface area contributed by atoms with Gasteiger partial charge in [-0.15, -0.1) is 0 Å². The molecule has 0 saturated heterocycles. The summed E-state index contributed by atoms with van der Waals surface area (Å²) >= 11 is 0. The van der Waals surface area contributed by atoms with Crippen LogP contribution in [0.4, 0.5) is 0 Å². The molecular formula is C26H38NO2+. The molecule has 0 radical (unpaired) electrons. The standard InChI is InChI=1S/C26H38NO2/c1-27(2,3)21-13-8-6-4-5-7-9-14-22-29-25-19-17-24(18-20-25)26(28)23-15-11-10-12-16-23/h10-12,15-20H,4-9,13-14,21-22H2,1-3H3/q+1. The van der Waals surface area contributed by atoms with Crippen molar-refractivity contribution in [2.45, 2.75) is 51.4 Å². The highest BCUT2D eigenvalue weighted by atomic mass is 16.5. The molecule has 158 valence electrons. The van der Waals surface area contributed by atoms with Crippen LogP contribution in [0.5, 0.6) is 5.75 Å². The molecule has 0 spiro atoms. The molecule has 2 rings (SSSR count). The highest BCUT2D eigenvalue weighted by Gasteiger charge is 2.08. The SMILES string of the molecule is C[N+](C)(C)CCCCCCCCCCOc1ccc(C(=O)c2ccccc2)cc1. The summed E-state index contributed by atoms with van der Waals surface area (Å²) in [5, 5.41) is 0. The minimum absolute atomic E-state index is 0.0506. The Morgan fingerprint density at radius 1 is 0.690 bits per heavy atom. The third-order valence-electron chi connectivity index (χ3n) is 5.14. The maximum absolute atomic E-state index is 12.4. The topological polar surface area (TPSA) is 26.3 Å². The van der Waals surface area contributed by atoms with Gasteiger partial charge in [-0.25, -0.2) is 0 Å². The lowest BCUT2D eigenvalue weighted by Gasteiger charge is -2.23. The van der Waals surface area contributed by atoms with Gasteiger partial charge in [0, 0.05) is 11.1 Å². The predicted molar refractivity (Wildman–Crippen MR) is 122 cm³/mol. The number of nitrogens with zero attached hydrogens (tertiary/aromatic N) is 1. The number of ether oxygens (including phenoxy) is 1. The van der Waals surface area contributed by atoms with Crippen molar-refractivity contribution in [1.29, 1.82) is 0 Å². The van der Waals surface area contributed by atoms with Crippen LogP contribution in [0.25, 0.3) is 0 Å². The lowest BCUT2D eigenvalue weighted by molar-refractivity contribution is -0.870. The van der Waals surface area contributed by atoms with Gasteiger partial charge in [0.2, 0.25) is 0 Å². The number of ketones is 1. The molecule has 0 aliphatic rings. The third kappa shape index (κ3) is 9.76. The fraction of sp³-hybridized carbons (Fsp3) is 0.500. The van der Waals surface area contributed by atoms with E-state index in [2.05, 4.69) is 21.1 Å². The van der Waals surface area contributed by atoms with Gasteiger partial charge >= 0.3 is 0 Å². The second-order valence-electron chi connectivity index (χ2n) is 8.91. The molecule has 0 heterocycles. The van der Waals surface area contributed by atoms with Crippen LogP contribution in [-0.4, -0.2) is 44.6 Å². The lowest BCUT2D eigenvalue weighted by Crippen LogP contribution is -2.35. The Morgan fingerprint density at radius 2 is 1.21 bits per heavy atom. The molecule has 0 fully saturated rings. The van der Waals surface area contributed by atoms with E-state index in [0.29, 0.717) is 5.56 Å². The van der Waals surface area contributed by atoms with E-state index in [0.717, 1.165) is 28.8 Å². The first kappa shape index (κ1) is 23.2. The van der Waals surface area contributed by atoms with E-state index in [1.807, 2.05) is 54.6 Å². The number of quaternary nitrogens is 1. The number of hydrogen-bond donors (Lipinski definition) is 0. The van der Waals surface area contributed by atoms with Crippen molar-refractivity contribution in [1.82, 2.24) is 0 Å². The largest absolute Gasteiger partial charge is 0.494 e. The molecule has 0 aliphatic heterocycles. The number of unbranched alkanes of at least 4 members (excludes halogenated alkanes) is 7. The Labute approximate surface area is 177 Å². The maximum Gasteiger partial charge on any atom is 0.193 e. The number of carbonyl (C=O) groups excluding carboxylic acids is 1. The highest BCUT2D eigenvalue weighted by molar-refractivity contribution is 6.08. The first-order valence-corrected chi connectivity index (χ1v) is 11.1. The first-order valence-electron chi connectivity index (χ1n) is 11.1. The quantitative estimate of drug-likeness (QED) is 0.218. The van der Waals surface area contributed by atoms with E-state index in [1.54, 1.807) is 0 Å². The zero-order valence-electron chi connectivity index (χ0n) is 18.5. The summed E-state index contributed by atoms with van der Waals surface area (Å²) in [6, 6.07) is 16.9. The van der Waals surface area contributed by atoms with E-state index >= 15 is 0 Å². The molecule has 0 bridgehead atoms. The van der Waals surface area contributed by atoms with Gasteiger partial charge in [-0.05, 0) is 43.5 Å². The Hall–Kier alpha value is -2.13. The Balaban J connectivity index is 1.52. The van der Waals surface area contributed by atoms with Gasteiger partial charge in [-0.3, -0.25) is 4.79 Å². The normalized spacial score (nSPS) is 11.4. The zero-order chi connectivity index (χ0) is 21.0. The van der Waals surface area contributed by atoms with E-state index < -0.39 is 0 Å². The molecule has 0 aromatic heterocycles. The number of benzene rings is 2. The van der Waals surface area contributed by atoms with Crippen molar-refractivity contribution >= 4 is 5.78 Å². The summed E-state index contributed by atoms with van der Waals surface area (Å²) in [5.41, 5.74) is 1.42. The third-order valence-corrected chi connectivity index (χ3v) is 5.14. The van der Waals surface area contributed by atoms with E-state index in [-0.39, 0.29) is 5.78 Å². The highest BCUT2D eigenvalue weighted by Crippen LogP contribution is 2.16. The molecule has 2 aromatic carbocycles. The molecular weight excluding hydrogens is 358 g/mol. The van der Waals surface area contributed by atoms with Crippen LogP contribution in [0.2, 0.25) is 0 Å². The Kier molecular flexibility index (Phi) is 9.93. The number of rotatable bonds is 14. The average molecular weight is 397 g/mol. The number of hydrogen-bond acceptors (Lipinski definition) is 2. The summed E-state index contributed by atoms with van der Waals surface area (Å²) in [7, 11) is 6.79. The molecule has 2 aromatic rings. The van der Waals surface area contributed by atoms with E-state index in [1.165, 1.54) is 51.5 Å². The van der Waals surface area contributed by atoms with Crippen molar-refractivity contribution in [2.24, 2.45) is 0 Å². The molecule has 0 atom stereocenters. The fourth-order valence-electron chi connectivity index (χ4n) is 3.40. The van der Waals surface area contributed by atoms with Crippen LogP contribution < -0.4 is 4.74 Å². The summed E-state index contributed by atoms with van der Waals surface area (Å²) in [6.45, 7) is 2.02. The molecule has 0 unspecified atom stereocenters. The minimum Gasteiger partial charge on any atom is -0.494 e. The molecule has 0 N–H and O–H groups in total. The summed E-state index contributed by atoms with van der Waals surface area (Å²) < 4.78 is 6.90. The monoisotopic (exact) mass is 396 g/mol. The molecule has 0 amide bonds. The van der Waals surface area contributed by atoms with Gasteiger partial charge in [0.25, 0.3) is 0 Å². The van der Waals surface area contributed by atoms with Gasteiger partial charge < -0.3 is 9.22 Å². The number of carbonyl (C=O) groups is 1. The molecule has 29 heavy (non-hydrogen) atoms. The van der Waals surface area contributed by atoms with Gasteiger partial charge in [-0.2, -0.15) is 0 Å². The van der Waals surface area contributed by atoms with Gasteiger partial charge in [0.05, 0.1) is 34.3 Å². The molecule has 0 saturated carbocycles. The van der Waals surface area contributed by atoms with Crippen LogP contribution in [-0.2, 0) is 0 Å². The summed E-state index contributed by atoms with van der Waals surface area (Å²) in [4.78, 5) is 12.4. The van der Waals surface area contributed by atoms with Crippen LogP contribution in [0, 0.1) is 0 Å². The first-order chi connectivity index (χ1) is 14.0. The fourth-order valence-corrected chi connectivity index (χ4v) is 3.40. The maximum atomic E-state index is 12.4. The average Bonchev–Trinajstić information content (AvgIpc) is 2.72. The zero-order valence-corrected chi connectivity index (χ0v) is 18.5. The van der Waals surface area contributed by atoms with E-state index in [9.17, 15) is 4.79 Å². The van der Waals surface area contributed by atoms with Crippen LogP contribution >= 0.6 is 0 Å². The van der Waals surface area contributed by atoms with Crippen molar-refractivity contribution in [3.05, 3.63) is 65.7 Å². The van der Waals surface area contributed by atoms with Crippen molar-refractivity contribution in [2.75, 3.05) is 34.3 Å². The summed E-state index contributed by atoms with van der Waals surface area (Å²) in [5.74, 6) is 0.890. The second-order valence-corrected chi connectivity index (χ2v) is 8.91. The second kappa shape index (κ2) is 12.4. The molecule has 3 heteroatoms.